The molecule has 0 atom stereocenters. The van der Waals surface area contributed by atoms with Crippen LogP contribution in [0.4, 0.5) is 0 Å². The fourth-order valence-electron chi connectivity index (χ4n) is 9.29. The molecule has 9 aromatic carbocycles. The molecule has 0 fully saturated rings. The van der Waals surface area contributed by atoms with Crippen LogP contribution in [0, 0.1) is 0 Å². The second kappa shape index (κ2) is 12.0. The highest BCUT2D eigenvalue weighted by Crippen LogP contribution is 2.48. The van der Waals surface area contributed by atoms with Crippen LogP contribution in [0.3, 0.4) is 0 Å². The van der Waals surface area contributed by atoms with Crippen molar-refractivity contribution in [3.05, 3.63) is 206 Å². The van der Waals surface area contributed by atoms with E-state index >= 15 is 0 Å². The first kappa shape index (κ1) is 31.0. The zero-order chi connectivity index (χ0) is 36.7. The Hall–Kier alpha value is -7.42. The quantitative estimate of drug-likeness (QED) is 0.172. The molecule has 1 aliphatic heterocycles. The first-order valence-electron chi connectivity index (χ1n) is 19.3. The molecule has 2 aromatic heterocycles. The molecule has 0 bridgehead atoms. The Labute approximate surface area is 324 Å². The minimum atomic E-state index is 1.16. The maximum atomic E-state index is 2.52. The zero-order valence-corrected chi connectivity index (χ0v) is 30.5. The smallest absolute Gasteiger partial charge is 0.0619 e. The normalized spacial score (nSPS) is 11.9. The summed E-state index contributed by atoms with van der Waals surface area (Å²) in [4.78, 5) is 0. The molecule has 56 heavy (non-hydrogen) atoms. The van der Waals surface area contributed by atoms with Gasteiger partial charge >= 0.3 is 0 Å². The zero-order valence-electron chi connectivity index (χ0n) is 30.5. The molecule has 0 amide bonds. The highest BCUT2D eigenvalue weighted by atomic mass is 15.0. The summed E-state index contributed by atoms with van der Waals surface area (Å²) in [5, 5.41) is 5.04. The van der Waals surface area contributed by atoms with Gasteiger partial charge in [-0.2, -0.15) is 0 Å². The molecule has 0 saturated heterocycles. The van der Waals surface area contributed by atoms with Gasteiger partial charge in [-0.15, -0.1) is 0 Å². The molecule has 0 N–H and O–H groups in total. The Morgan fingerprint density at radius 2 is 0.732 bits per heavy atom. The molecule has 260 valence electrons. The fraction of sp³-hybridized carbons (Fsp3) is 0. The van der Waals surface area contributed by atoms with Gasteiger partial charge in [0.15, 0.2) is 0 Å². The number of para-hydroxylation sites is 2. The van der Waals surface area contributed by atoms with Gasteiger partial charge in [-0.3, -0.25) is 0 Å². The van der Waals surface area contributed by atoms with Gasteiger partial charge in [0, 0.05) is 38.4 Å². The monoisotopic (exact) mass is 710 g/mol. The van der Waals surface area contributed by atoms with E-state index in [9.17, 15) is 0 Å². The second-order valence-corrected chi connectivity index (χ2v) is 14.9. The summed E-state index contributed by atoms with van der Waals surface area (Å²) < 4.78 is 4.92. The van der Waals surface area contributed by atoms with Crippen LogP contribution < -0.4 is 0 Å². The lowest BCUT2D eigenvalue weighted by Gasteiger charge is -2.15. The van der Waals surface area contributed by atoms with Gasteiger partial charge in [-0.25, -0.2) is 0 Å². The molecular weight excluding hydrogens is 677 g/mol. The van der Waals surface area contributed by atoms with E-state index in [0.29, 0.717) is 0 Å². The van der Waals surface area contributed by atoms with Crippen molar-refractivity contribution in [3.8, 4) is 67.0 Å². The van der Waals surface area contributed by atoms with Gasteiger partial charge in [0.2, 0.25) is 0 Å². The molecule has 12 rings (SSSR count). The van der Waals surface area contributed by atoms with Crippen molar-refractivity contribution in [2.75, 3.05) is 0 Å². The molecule has 0 saturated carbocycles. The third-order valence-electron chi connectivity index (χ3n) is 11.9. The predicted molar refractivity (Wildman–Crippen MR) is 236 cm³/mol. The summed E-state index contributed by atoms with van der Waals surface area (Å²) >= 11 is 0. The van der Waals surface area contributed by atoms with E-state index in [4.69, 9.17) is 0 Å². The molecule has 1 aliphatic rings. The van der Waals surface area contributed by atoms with E-state index in [1.54, 1.807) is 0 Å². The lowest BCUT2D eigenvalue weighted by molar-refractivity contribution is 1.18. The number of hydrogen-bond donors (Lipinski definition) is 0. The maximum Gasteiger partial charge on any atom is 0.0619 e. The van der Waals surface area contributed by atoms with Gasteiger partial charge in [-0.05, 0) is 93.0 Å². The largest absolute Gasteiger partial charge is 0.309 e. The van der Waals surface area contributed by atoms with Crippen molar-refractivity contribution < 1.29 is 0 Å². The van der Waals surface area contributed by atoms with E-state index in [1.807, 2.05) is 0 Å². The number of aromatic nitrogens is 2. The third kappa shape index (κ3) is 4.57. The molecule has 0 unspecified atom stereocenters. The maximum absolute atomic E-state index is 2.52. The molecule has 2 heteroatoms. The predicted octanol–water partition coefficient (Wildman–Crippen LogP) is 14.5. The van der Waals surface area contributed by atoms with Crippen molar-refractivity contribution in [3.63, 3.8) is 0 Å². The average Bonchev–Trinajstić information content (AvgIpc) is 3.75. The van der Waals surface area contributed by atoms with Crippen molar-refractivity contribution >= 4 is 43.6 Å². The van der Waals surface area contributed by atoms with Gasteiger partial charge in [0.25, 0.3) is 0 Å². The summed E-state index contributed by atoms with van der Waals surface area (Å²) in [5.74, 6) is 0. The Kier molecular flexibility index (Phi) is 6.66. The topological polar surface area (TPSA) is 9.86 Å². The Bertz CT molecular complexity index is 3330. The summed E-state index contributed by atoms with van der Waals surface area (Å²) in [6, 6.07) is 75.8. The van der Waals surface area contributed by atoms with Crippen LogP contribution in [0.1, 0.15) is 0 Å². The molecule has 0 aliphatic carbocycles. The van der Waals surface area contributed by atoms with E-state index in [2.05, 4.69) is 215 Å². The van der Waals surface area contributed by atoms with E-state index in [1.165, 1.54) is 105 Å². The minimum Gasteiger partial charge on any atom is -0.309 e. The Morgan fingerprint density at radius 3 is 1.46 bits per heavy atom. The van der Waals surface area contributed by atoms with E-state index in [-0.39, 0.29) is 0 Å². The van der Waals surface area contributed by atoms with E-state index < -0.39 is 0 Å². The molecular formula is C54H34N2. The molecule has 0 radical (unpaired) electrons. The number of fused-ring (bicyclic) bond motifs is 11. The standard InChI is InChI=1S/C54H34N2/c1-3-12-35(13-4-1)37-22-27-41(28-23-37)55-50-21-10-9-18-44(50)48-32-38(25-30-51(48)55)39-26-31-52-49(33-39)47-20-11-19-46-43-17-8-7-16-42(43)45-29-24-40(36-14-5-2-6-15-36)34-53(45)56(52)54(46)47/h1-34H. The minimum absolute atomic E-state index is 1.16. The van der Waals surface area contributed by atoms with Crippen molar-refractivity contribution in [1.82, 2.24) is 9.13 Å². The number of rotatable bonds is 4. The van der Waals surface area contributed by atoms with Gasteiger partial charge in [0.05, 0.1) is 27.8 Å². The summed E-state index contributed by atoms with van der Waals surface area (Å²) in [6.07, 6.45) is 0. The summed E-state index contributed by atoms with van der Waals surface area (Å²) in [6.45, 7) is 0. The van der Waals surface area contributed by atoms with Crippen molar-refractivity contribution in [2.45, 2.75) is 0 Å². The van der Waals surface area contributed by atoms with Crippen LogP contribution in [0.25, 0.3) is 111 Å². The van der Waals surface area contributed by atoms with Crippen molar-refractivity contribution in [1.29, 1.82) is 0 Å². The van der Waals surface area contributed by atoms with Gasteiger partial charge < -0.3 is 9.13 Å². The Morgan fingerprint density at radius 1 is 0.250 bits per heavy atom. The van der Waals surface area contributed by atoms with Crippen LogP contribution in [0.15, 0.2) is 206 Å². The summed E-state index contributed by atoms with van der Waals surface area (Å²) in [7, 11) is 0. The van der Waals surface area contributed by atoms with E-state index in [0.717, 1.165) is 5.69 Å². The second-order valence-electron chi connectivity index (χ2n) is 14.9. The van der Waals surface area contributed by atoms with Crippen LogP contribution in [-0.4, -0.2) is 9.13 Å². The number of hydrogen-bond acceptors (Lipinski definition) is 0. The first-order chi connectivity index (χ1) is 27.8. The fourth-order valence-corrected chi connectivity index (χ4v) is 9.29. The lowest BCUT2D eigenvalue weighted by Crippen LogP contribution is -1.96. The third-order valence-corrected chi connectivity index (χ3v) is 11.9. The average molecular weight is 711 g/mol. The van der Waals surface area contributed by atoms with Crippen LogP contribution in [0.5, 0.6) is 0 Å². The SMILES string of the molecule is c1ccc(-c2ccc(-n3c4ccccc4c4cc(-c5ccc6c(c5)c5cccc7c5n6-c5cc(-c6ccccc6)ccc5-c5ccccc5-7)ccc43)cc2)cc1. The van der Waals surface area contributed by atoms with Crippen LogP contribution >= 0.6 is 0 Å². The van der Waals surface area contributed by atoms with Crippen LogP contribution in [0.2, 0.25) is 0 Å². The number of benzene rings is 9. The summed E-state index contributed by atoms with van der Waals surface area (Å²) in [5.41, 5.74) is 19.6. The Balaban J connectivity index is 1.05. The van der Waals surface area contributed by atoms with Crippen molar-refractivity contribution in [2.24, 2.45) is 0 Å². The molecule has 2 nitrogen and oxygen atoms in total. The molecule has 11 aromatic rings. The molecule has 3 heterocycles. The van der Waals surface area contributed by atoms with Crippen LogP contribution in [-0.2, 0) is 0 Å². The lowest BCUT2D eigenvalue weighted by atomic mass is 9.92. The highest BCUT2D eigenvalue weighted by Gasteiger charge is 2.25. The highest BCUT2D eigenvalue weighted by molar-refractivity contribution is 6.17. The van der Waals surface area contributed by atoms with Gasteiger partial charge in [-0.1, -0.05) is 158 Å². The number of nitrogens with zero attached hydrogens (tertiary/aromatic N) is 2. The molecule has 0 spiro atoms. The van der Waals surface area contributed by atoms with Gasteiger partial charge in [0.1, 0.15) is 0 Å². The first-order valence-corrected chi connectivity index (χ1v) is 19.3.